The molecule has 0 radical (unpaired) electrons. The number of allylic oxidation sites excluding steroid dienone is 2. The summed E-state index contributed by atoms with van der Waals surface area (Å²) < 4.78 is 5.37. The number of methoxy groups -OCH3 is 1. The van der Waals surface area contributed by atoms with Gasteiger partial charge in [0, 0.05) is 7.11 Å². The summed E-state index contributed by atoms with van der Waals surface area (Å²) in [5, 5.41) is 9.89. The number of hydrogen-bond donors (Lipinski definition) is 1. The molecule has 0 aliphatic heterocycles. The molecule has 1 N–H and O–H groups in total. The summed E-state index contributed by atoms with van der Waals surface area (Å²) in [5.41, 5.74) is 1.30. The Hall–Kier alpha value is -0.600. The maximum Gasteiger partial charge on any atom is 0.0782 e. The predicted molar refractivity (Wildman–Crippen MR) is 62.6 cm³/mol. The van der Waals surface area contributed by atoms with E-state index in [9.17, 15) is 5.11 Å². The third-order valence-electron chi connectivity index (χ3n) is 3.20. The third-order valence-corrected chi connectivity index (χ3v) is 3.20. The van der Waals surface area contributed by atoms with Crippen LogP contribution in [-0.2, 0) is 4.74 Å². The zero-order chi connectivity index (χ0) is 11.4. The Kier molecular flexibility index (Phi) is 4.55. The first kappa shape index (κ1) is 12.5. The lowest BCUT2D eigenvalue weighted by Crippen LogP contribution is -2.36. The van der Waals surface area contributed by atoms with Crippen LogP contribution in [0.4, 0.5) is 0 Å². The van der Waals surface area contributed by atoms with E-state index in [4.69, 9.17) is 4.74 Å². The van der Waals surface area contributed by atoms with Crippen molar-refractivity contribution in [3.05, 3.63) is 23.8 Å². The van der Waals surface area contributed by atoms with E-state index in [1.54, 1.807) is 7.11 Å². The second kappa shape index (κ2) is 5.47. The fraction of sp³-hybridized carbons (Fsp3) is 0.692. The molecule has 0 spiro atoms. The highest BCUT2D eigenvalue weighted by Gasteiger charge is 2.31. The molecule has 0 fully saturated rings. The first-order valence-electron chi connectivity index (χ1n) is 5.58. The number of aliphatic hydroxyl groups excluding tert-OH is 1. The minimum Gasteiger partial charge on any atom is -0.389 e. The van der Waals surface area contributed by atoms with Crippen molar-refractivity contribution in [3.63, 3.8) is 0 Å². The Bertz CT molecular complexity index is 251. The van der Waals surface area contributed by atoms with E-state index >= 15 is 0 Å². The molecule has 86 valence electrons. The van der Waals surface area contributed by atoms with Crippen molar-refractivity contribution in [2.45, 2.75) is 39.4 Å². The van der Waals surface area contributed by atoms with Gasteiger partial charge in [-0.3, -0.25) is 0 Å². The van der Waals surface area contributed by atoms with Gasteiger partial charge in [-0.2, -0.15) is 0 Å². The van der Waals surface area contributed by atoms with Gasteiger partial charge in [0.1, 0.15) is 0 Å². The van der Waals surface area contributed by atoms with Crippen LogP contribution in [0.3, 0.4) is 0 Å². The highest BCUT2D eigenvalue weighted by atomic mass is 16.5. The second-order valence-corrected chi connectivity index (χ2v) is 4.62. The Morgan fingerprint density at radius 1 is 1.40 bits per heavy atom. The molecule has 0 saturated carbocycles. The van der Waals surface area contributed by atoms with Crippen molar-refractivity contribution in [2.75, 3.05) is 7.11 Å². The molecule has 0 aromatic rings. The van der Waals surface area contributed by atoms with Crippen LogP contribution in [0.5, 0.6) is 0 Å². The Balaban J connectivity index is 2.69. The Morgan fingerprint density at radius 2 is 2.07 bits per heavy atom. The SMILES string of the molecule is COC1C=CC(O)C(CC=C(C)C)C1C. The molecule has 1 aliphatic rings. The van der Waals surface area contributed by atoms with Gasteiger partial charge in [-0.05, 0) is 32.1 Å². The number of rotatable bonds is 3. The van der Waals surface area contributed by atoms with Gasteiger partial charge in [0.25, 0.3) is 0 Å². The average Bonchev–Trinajstić information content (AvgIpc) is 2.17. The normalized spacial score (nSPS) is 35.3. The molecule has 15 heavy (non-hydrogen) atoms. The maximum absolute atomic E-state index is 9.89. The van der Waals surface area contributed by atoms with E-state index in [0.29, 0.717) is 5.92 Å². The maximum atomic E-state index is 9.89. The first-order chi connectivity index (χ1) is 7.06. The van der Waals surface area contributed by atoms with Crippen LogP contribution in [0.25, 0.3) is 0 Å². The Morgan fingerprint density at radius 3 is 2.60 bits per heavy atom. The fourth-order valence-corrected chi connectivity index (χ4v) is 2.12. The van der Waals surface area contributed by atoms with Crippen LogP contribution in [0, 0.1) is 11.8 Å². The van der Waals surface area contributed by atoms with E-state index in [0.717, 1.165) is 6.42 Å². The molecule has 4 atom stereocenters. The van der Waals surface area contributed by atoms with Crippen LogP contribution in [0.1, 0.15) is 27.2 Å². The molecule has 0 heterocycles. The number of ether oxygens (including phenoxy) is 1. The molecule has 0 bridgehead atoms. The van der Waals surface area contributed by atoms with Crippen LogP contribution in [-0.4, -0.2) is 24.4 Å². The van der Waals surface area contributed by atoms with Crippen molar-refractivity contribution < 1.29 is 9.84 Å². The fourth-order valence-electron chi connectivity index (χ4n) is 2.12. The van der Waals surface area contributed by atoms with Gasteiger partial charge in [-0.25, -0.2) is 0 Å². The van der Waals surface area contributed by atoms with Crippen molar-refractivity contribution in [1.82, 2.24) is 0 Å². The first-order valence-corrected chi connectivity index (χ1v) is 5.58. The van der Waals surface area contributed by atoms with Crippen LogP contribution < -0.4 is 0 Å². The lowest BCUT2D eigenvalue weighted by atomic mass is 9.78. The standard InChI is InChI=1S/C13H22O2/c1-9(2)5-6-11-10(3)13(15-4)8-7-12(11)14/h5,7-8,10-14H,6H2,1-4H3. The van der Waals surface area contributed by atoms with Gasteiger partial charge in [0.05, 0.1) is 12.2 Å². The molecule has 0 aromatic carbocycles. The summed E-state index contributed by atoms with van der Waals surface area (Å²) in [6.45, 7) is 6.32. The highest BCUT2D eigenvalue weighted by molar-refractivity contribution is 5.08. The summed E-state index contributed by atoms with van der Waals surface area (Å²) in [6.07, 6.45) is 6.75. The minimum absolute atomic E-state index is 0.143. The largest absolute Gasteiger partial charge is 0.389 e. The summed E-state index contributed by atoms with van der Waals surface area (Å²) >= 11 is 0. The van der Waals surface area contributed by atoms with Crippen molar-refractivity contribution in [2.24, 2.45) is 11.8 Å². The zero-order valence-electron chi connectivity index (χ0n) is 10.1. The van der Waals surface area contributed by atoms with Crippen molar-refractivity contribution in [3.8, 4) is 0 Å². The molecule has 4 unspecified atom stereocenters. The van der Waals surface area contributed by atoms with Crippen LogP contribution >= 0.6 is 0 Å². The Labute approximate surface area is 92.6 Å². The van der Waals surface area contributed by atoms with Gasteiger partial charge in [0.2, 0.25) is 0 Å². The molecular formula is C13H22O2. The number of aliphatic hydroxyl groups is 1. The quantitative estimate of drug-likeness (QED) is 0.725. The molecule has 0 saturated heterocycles. The van der Waals surface area contributed by atoms with Gasteiger partial charge < -0.3 is 9.84 Å². The van der Waals surface area contributed by atoms with Crippen molar-refractivity contribution in [1.29, 1.82) is 0 Å². The van der Waals surface area contributed by atoms with E-state index in [2.05, 4.69) is 26.8 Å². The molecule has 2 heteroatoms. The lowest BCUT2D eigenvalue weighted by Gasteiger charge is -2.34. The topological polar surface area (TPSA) is 29.5 Å². The van der Waals surface area contributed by atoms with Gasteiger partial charge in [-0.1, -0.05) is 30.7 Å². The smallest absolute Gasteiger partial charge is 0.0782 e. The molecule has 2 nitrogen and oxygen atoms in total. The number of hydrogen-bond acceptors (Lipinski definition) is 2. The zero-order valence-corrected chi connectivity index (χ0v) is 10.1. The van der Waals surface area contributed by atoms with E-state index < -0.39 is 0 Å². The van der Waals surface area contributed by atoms with Gasteiger partial charge in [0.15, 0.2) is 0 Å². The average molecular weight is 210 g/mol. The molecule has 1 aliphatic carbocycles. The second-order valence-electron chi connectivity index (χ2n) is 4.62. The van der Waals surface area contributed by atoms with Crippen LogP contribution in [0.2, 0.25) is 0 Å². The van der Waals surface area contributed by atoms with Gasteiger partial charge >= 0.3 is 0 Å². The summed E-state index contributed by atoms with van der Waals surface area (Å²) in [7, 11) is 1.72. The molecule has 0 amide bonds. The summed E-state index contributed by atoms with van der Waals surface area (Å²) in [4.78, 5) is 0. The predicted octanol–water partition coefficient (Wildman–Crippen LogP) is 2.54. The van der Waals surface area contributed by atoms with Gasteiger partial charge in [-0.15, -0.1) is 0 Å². The monoisotopic (exact) mass is 210 g/mol. The summed E-state index contributed by atoms with van der Waals surface area (Å²) in [5.74, 6) is 0.639. The van der Waals surface area contributed by atoms with Crippen molar-refractivity contribution >= 4 is 0 Å². The minimum atomic E-state index is -0.331. The van der Waals surface area contributed by atoms with E-state index in [1.165, 1.54) is 5.57 Å². The highest BCUT2D eigenvalue weighted by Crippen LogP contribution is 2.30. The molecule has 0 aromatic heterocycles. The van der Waals surface area contributed by atoms with E-state index in [1.807, 2.05) is 12.2 Å². The molecule has 1 rings (SSSR count). The summed E-state index contributed by atoms with van der Waals surface area (Å²) in [6, 6.07) is 0. The third kappa shape index (κ3) is 3.18. The van der Waals surface area contributed by atoms with E-state index in [-0.39, 0.29) is 18.1 Å². The molecular weight excluding hydrogens is 188 g/mol. The lowest BCUT2D eigenvalue weighted by molar-refractivity contribution is 0.0182. The van der Waals surface area contributed by atoms with Crippen LogP contribution in [0.15, 0.2) is 23.8 Å².